The molecule has 10 heteroatoms. The van der Waals surface area contributed by atoms with Crippen molar-refractivity contribution in [2.75, 3.05) is 18.1 Å². The summed E-state index contributed by atoms with van der Waals surface area (Å²) >= 11 is 3.29. The lowest BCUT2D eigenvalue weighted by molar-refractivity contribution is -0.132. The van der Waals surface area contributed by atoms with Crippen molar-refractivity contribution in [1.29, 1.82) is 5.26 Å². The first-order valence-electron chi connectivity index (χ1n) is 31.7. The molecular weight excluding hydrogens is 1100 g/mol. The molecule has 0 radical (unpaired) electrons. The highest BCUT2D eigenvalue weighted by atomic mass is 32.1. The number of fused-ring (bicyclic) bond motifs is 7. The minimum absolute atomic E-state index is 0.301. The van der Waals surface area contributed by atoms with Crippen LogP contribution in [-0.4, -0.2) is 34.3 Å². The predicted octanol–water partition coefficient (Wildman–Crippen LogP) is 22.5. The number of benzene rings is 7. The van der Waals surface area contributed by atoms with Crippen molar-refractivity contribution in [3.63, 3.8) is 0 Å². The van der Waals surface area contributed by atoms with Gasteiger partial charge >= 0.3 is 5.97 Å². The Morgan fingerprint density at radius 1 is 0.523 bits per heavy atom. The largest absolute Gasteiger partial charge is 0.489 e. The summed E-state index contributed by atoms with van der Waals surface area (Å²) in [5.74, 6) is 0.0364. The van der Waals surface area contributed by atoms with Crippen molar-refractivity contribution in [3.05, 3.63) is 166 Å². The van der Waals surface area contributed by atoms with E-state index in [0.717, 1.165) is 201 Å². The van der Waals surface area contributed by atoms with Crippen LogP contribution in [0.25, 0.3) is 81.0 Å². The Balaban J connectivity index is 1.28. The van der Waals surface area contributed by atoms with E-state index in [1.807, 2.05) is 6.07 Å². The third kappa shape index (κ3) is 13.9. The van der Waals surface area contributed by atoms with Crippen LogP contribution in [0.15, 0.2) is 139 Å². The molecule has 0 unspecified atom stereocenters. The number of nitrogens with zero attached hydrogens (tertiary/aromatic N) is 4. The van der Waals surface area contributed by atoms with Crippen LogP contribution < -0.4 is 14.4 Å². The first kappa shape index (κ1) is 61.3. The lowest BCUT2D eigenvalue weighted by Gasteiger charge is -2.26. The fourth-order valence-electron chi connectivity index (χ4n) is 11.8. The van der Waals surface area contributed by atoms with Gasteiger partial charge in [-0.3, -0.25) is 0 Å². The number of carbonyl (C=O) groups is 1. The molecule has 7 aromatic carbocycles. The molecule has 0 atom stereocenters. The van der Waals surface area contributed by atoms with Crippen LogP contribution in [0.4, 0.5) is 17.1 Å². The number of thiophene rings is 2. The smallest absolute Gasteiger partial charge is 0.346 e. The number of rotatable bonds is 30. The van der Waals surface area contributed by atoms with Gasteiger partial charge in [0.15, 0.2) is 11.5 Å². The minimum atomic E-state index is -1.25. The second-order valence-electron chi connectivity index (χ2n) is 23.1. The Labute approximate surface area is 517 Å². The van der Waals surface area contributed by atoms with Gasteiger partial charge in [-0.1, -0.05) is 201 Å². The molecule has 3 heterocycles. The van der Waals surface area contributed by atoms with Crippen LogP contribution >= 0.6 is 22.7 Å². The van der Waals surface area contributed by atoms with E-state index >= 15 is 0 Å². The van der Waals surface area contributed by atoms with Gasteiger partial charge in [0, 0.05) is 47.3 Å². The van der Waals surface area contributed by atoms with Crippen molar-refractivity contribution in [1.82, 2.24) is 9.97 Å². The number of nitriles is 1. The Kier molecular flexibility index (Phi) is 21.0. The van der Waals surface area contributed by atoms with Gasteiger partial charge in [0.2, 0.25) is 0 Å². The Morgan fingerprint density at radius 2 is 0.942 bits per heavy atom. The third-order valence-electron chi connectivity index (χ3n) is 16.5. The highest BCUT2D eigenvalue weighted by molar-refractivity contribution is 7.19. The topological polar surface area (TPSA) is 109 Å². The first-order chi connectivity index (χ1) is 42.1. The van der Waals surface area contributed by atoms with Crippen LogP contribution in [0.3, 0.4) is 0 Å². The number of aliphatic carboxylic acids is 1. The molecule has 10 aromatic rings. The molecule has 0 fully saturated rings. The maximum absolute atomic E-state index is 12.6. The maximum Gasteiger partial charge on any atom is 0.346 e. The monoisotopic (exact) mass is 1180 g/mol. The van der Waals surface area contributed by atoms with Gasteiger partial charge in [0.25, 0.3) is 0 Å². The fourth-order valence-corrected chi connectivity index (χ4v) is 14.3. The molecule has 0 aliphatic carbocycles. The molecular formula is C76H82N4O4S2. The number of unbranched alkanes of at least 4 members (excludes halogenated alkanes) is 12. The van der Waals surface area contributed by atoms with Crippen molar-refractivity contribution in [3.8, 4) is 48.9 Å². The normalized spacial score (nSPS) is 11.8. The summed E-state index contributed by atoms with van der Waals surface area (Å²) in [5.41, 5.74) is 13.5. The summed E-state index contributed by atoms with van der Waals surface area (Å²) in [4.78, 5) is 30.7. The molecule has 0 aliphatic heterocycles. The van der Waals surface area contributed by atoms with Crippen LogP contribution in [0.1, 0.15) is 158 Å². The van der Waals surface area contributed by atoms with Crippen molar-refractivity contribution in [2.24, 2.45) is 0 Å². The van der Waals surface area contributed by atoms with Gasteiger partial charge in [-0.25, -0.2) is 14.8 Å². The van der Waals surface area contributed by atoms with E-state index in [-0.39, 0.29) is 5.57 Å². The molecule has 3 aromatic heterocycles. The maximum atomic E-state index is 12.6. The molecule has 442 valence electrons. The van der Waals surface area contributed by atoms with Gasteiger partial charge in [-0.2, -0.15) is 5.26 Å². The van der Waals surface area contributed by atoms with Crippen molar-refractivity contribution >= 4 is 95.4 Å². The second-order valence-corrected chi connectivity index (χ2v) is 25.2. The zero-order chi connectivity index (χ0) is 59.9. The van der Waals surface area contributed by atoms with Gasteiger partial charge in [-0.05, 0) is 134 Å². The summed E-state index contributed by atoms with van der Waals surface area (Å²) in [6.07, 6.45) is 20.1. The zero-order valence-electron chi connectivity index (χ0n) is 51.2. The molecule has 0 amide bonds. The number of hydrogen-bond donors (Lipinski definition) is 1. The average Bonchev–Trinajstić information content (AvgIpc) is 1.08. The Morgan fingerprint density at radius 3 is 1.40 bits per heavy atom. The molecule has 0 saturated heterocycles. The van der Waals surface area contributed by atoms with E-state index in [9.17, 15) is 15.2 Å². The lowest BCUT2D eigenvalue weighted by Crippen LogP contribution is -2.09. The summed E-state index contributed by atoms with van der Waals surface area (Å²) < 4.78 is 14.8. The van der Waals surface area contributed by atoms with Crippen molar-refractivity contribution in [2.45, 2.75) is 157 Å². The molecule has 0 saturated carbocycles. The van der Waals surface area contributed by atoms with E-state index in [2.05, 4.69) is 180 Å². The van der Waals surface area contributed by atoms with Gasteiger partial charge in [0.05, 0.1) is 35.4 Å². The zero-order valence-corrected chi connectivity index (χ0v) is 52.8. The standard InChI is InChI=1S/C76H82N4O4S2/c1-7-11-15-19-27-54-47-65(85-64(54)49-56(50-77)76(81)82)67-71-72(79-70-63-32-24-22-30-61(63)60-29-21-23-31-62(60)69(70)78-71)68(74(84-46-26-18-14-10-4)73(67)83-45-25-17-13-9-3)66-48-55(28-20-16-12-8-2)75(86-66)53-37-43-59(44-38-53)80(57-39-33-51(5)34-40-57)58-41-35-52(6)36-42-58/h21-24,29-44,47-49H,7-20,25-28,45-46H2,1-6H3,(H,81,82)/b56-49+. The molecule has 1 N–H and O–H groups in total. The fraction of sp³-hybridized carbons (Fsp3) is 0.342. The quantitative estimate of drug-likeness (QED) is 0.0156. The van der Waals surface area contributed by atoms with E-state index in [1.54, 1.807) is 17.4 Å². The van der Waals surface area contributed by atoms with E-state index in [4.69, 9.17) is 19.4 Å². The summed E-state index contributed by atoms with van der Waals surface area (Å²) in [5, 5.41) is 24.7. The van der Waals surface area contributed by atoms with Gasteiger partial charge < -0.3 is 19.5 Å². The number of aromatic nitrogens is 2. The minimum Gasteiger partial charge on any atom is -0.489 e. The first-order valence-corrected chi connectivity index (χ1v) is 33.3. The third-order valence-corrected chi connectivity index (χ3v) is 18.9. The van der Waals surface area contributed by atoms with Crippen molar-refractivity contribution < 1.29 is 19.4 Å². The van der Waals surface area contributed by atoms with Crippen LogP contribution in [-0.2, 0) is 17.6 Å². The number of anilines is 3. The predicted molar refractivity (Wildman–Crippen MR) is 364 cm³/mol. The number of carboxylic acids is 1. The molecule has 10 rings (SSSR count). The van der Waals surface area contributed by atoms with Gasteiger partial charge in [-0.15, -0.1) is 22.7 Å². The second kappa shape index (κ2) is 29.5. The molecule has 86 heavy (non-hydrogen) atoms. The Bertz CT molecular complexity index is 3970. The highest BCUT2D eigenvalue weighted by Gasteiger charge is 2.31. The van der Waals surface area contributed by atoms with E-state index in [1.165, 1.54) is 39.3 Å². The molecule has 8 nitrogen and oxygen atoms in total. The number of carboxylic acid groups (broad SMARTS) is 1. The molecule has 0 aliphatic rings. The average molecular weight is 1180 g/mol. The van der Waals surface area contributed by atoms with E-state index < -0.39 is 5.97 Å². The van der Waals surface area contributed by atoms with Crippen LogP contribution in [0.5, 0.6) is 11.5 Å². The number of hydrogen-bond acceptors (Lipinski definition) is 9. The highest BCUT2D eigenvalue weighted by Crippen LogP contribution is 2.55. The summed E-state index contributed by atoms with van der Waals surface area (Å²) in [6.45, 7) is 14.1. The SMILES string of the molecule is CCCCCCOc1c(OCCCCCC)c(-c2cc(CCCCCC)c(-c3ccc(N(c4ccc(C)cc4)c4ccc(C)cc4)cc3)s2)c2nc3c4ccccc4c4ccccc4c3nc2c1-c1cc(CCCCCC)c(/C=C(\C#N)C(=O)O)s1. The summed E-state index contributed by atoms with van der Waals surface area (Å²) in [7, 11) is 0. The van der Waals surface area contributed by atoms with Crippen LogP contribution in [0.2, 0.25) is 0 Å². The molecule has 0 spiro atoms. The lowest BCUT2D eigenvalue weighted by atomic mass is 9.96. The number of ether oxygens (including phenoxy) is 2. The van der Waals surface area contributed by atoms with E-state index in [0.29, 0.717) is 30.2 Å². The number of aryl methyl sites for hydroxylation is 4. The molecule has 0 bridgehead atoms. The van der Waals surface area contributed by atoms with Gasteiger partial charge in [0.1, 0.15) is 22.7 Å². The summed E-state index contributed by atoms with van der Waals surface area (Å²) in [6, 6.07) is 50.3. The van der Waals surface area contributed by atoms with Crippen LogP contribution in [0, 0.1) is 25.2 Å². The Hall–Kier alpha value is -7.84.